The summed E-state index contributed by atoms with van der Waals surface area (Å²) in [4.78, 5) is 8.49. The summed E-state index contributed by atoms with van der Waals surface area (Å²) >= 11 is 7.74. The lowest BCUT2D eigenvalue weighted by atomic mass is 10.1. The lowest BCUT2D eigenvalue weighted by molar-refractivity contribution is 0.299. The van der Waals surface area contributed by atoms with E-state index in [9.17, 15) is 5.11 Å². The maximum absolute atomic E-state index is 9.22. The first kappa shape index (κ1) is 14.2. The third-order valence-electron chi connectivity index (χ3n) is 3.03. The first-order chi connectivity index (χ1) is 10.2. The Balaban J connectivity index is 2.08. The van der Waals surface area contributed by atoms with Gasteiger partial charge in [-0.3, -0.25) is 0 Å². The molecule has 3 aromatic heterocycles. The van der Waals surface area contributed by atoms with Crippen LogP contribution in [0.15, 0.2) is 29.9 Å². The molecule has 0 bridgehead atoms. The van der Waals surface area contributed by atoms with Crippen molar-refractivity contribution in [3.8, 4) is 16.4 Å². The Labute approximate surface area is 130 Å². The molecule has 3 heterocycles. The van der Waals surface area contributed by atoms with Crippen LogP contribution < -0.4 is 0 Å². The van der Waals surface area contributed by atoms with E-state index < -0.39 is 0 Å². The van der Waals surface area contributed by atoms with E-state index in [0.717, 1.165) is 27.6 Å². The normalized spacial score (nSPS) is 11.0. The molecule has 0 saturated carbocycles. The van der Waals surface area contributed by atoms with Crippen LogP contribution in [-0.4, -0.2) is 31.5 Å². The molecular formula is C14H13ClN4OS. The molecule has 7 heteroatoms. The number of hydrogen-bond acceptors (Lipinski definition) is 5. The molecular weight excluding hydrogens is 308 g/mol. The molecule has 0 fully saturated rings. The summed E-state index contributed by atoms with van der Waals surface area (Å²) < 4.78 is 1.75. The first-order valence-electron chi connectivity index (χ1n) is 6.42. The van der Waals surface area contributed by atoms with Crippen molar-refractivity contribution in [1.82, 2.24) is 19.7 Å². The van der Waals surface area contributed by atoms with Crippen LogP contribution in [0.2, 0.25) is 5.15 Å². The fourth-order valence-electron chi connectivity index (χ4n) is 2.11. The van der Waals surface area contributed by atoms with Crippen LogP contribution in [-0.2, 0) is 6.42 Å². The van der Waals surface area contributed by atoms with Crippen molar-refractivity contribution in [2.75, 3.05) is 6.61 Å². The van der Waals surface area contributed by atoms with Crippen molar-refractivity contribution < 1.29 is 5.11 Å². The molecule has 3 aromatic rings. The van der Waals surface area contributed by atoms with E-state index in [-0.39, 0.29) is 6.61 Å². The van der Waals surface area contributed by atoms with E-state index in [2.05, 4.69) is 15.1 Å². The van der Waals surface area contributed by atoms with Crippen molar-refractivity contribution >= 4 is 22.9 Å². The maximum Gasteiger partial charge on any atom is 0.143 e. The van der Waals surface area contributed by atoms with Gasteiger partial charge in [0.1, 0.15) is 15.9 Å². The molecule has 0 saturated heterocycles. The van der Waals surface area contributed by atoms with Gasteiger partial charge in [-0.1, -0.05) is 11.6 Å². The average Bonchev–Trinajstić information content (AvgIpc) is 3.10. The highest BCUT2D eigenvalue weighted by atomic mass is 35.5. The molecule has 0 aromatic carbocycles. The summed E-state index contributed by atoms with van der Waals surface area (Å²) in [6, 6.07) is 3.82. The van der Waals surface area contributed by atoms with E-state index >= 15 is 0 Å². The standard InChI is InChI=1S/C14H13ClN4OS/c1-9-8-12(10(3-6-20)13(15)17-9)19-5-2-11(18-19)14-16-4-7-21-14/h2,4-5,7-8,20H,3,6H2,1H3. The SMILES string of the molecule is Cc1cc(-n2ccc(-c3nccs3)n2)c(CCO)c(Cl)n1. The van der Waals surface area contributed by atoms with Gasteiger partial charge in [-0.2, -0.15) is 5.10 Å². The van der Waals surface area contributed by atoms with Gasteiger partial charge in [-0.05, 0) is 19.1 Å². The van der Waals surface area contributed by atoms with Gasteiger partial charge in [0.15, 0.2) is 0 Å². The van der Waals surface area contributed by atoms with Gasteiger partial charge in [0.05, 0.1) is 5.69 Å². The molecule has 0 radical (unpaired) electrons. The summed E-state index contributed by atoms with van der Waals surface area (Å²) in [6.07, 6.45) is 4.06. The second kappa shape index (κ2) is 5.93. The summed E-state index contributed by atoms with van der Waals surface area (Å²) in [5.41, 5.74) is 3.25. The number of hydrogen-bond donors (Lipinski definition) is 1. The minimum Gasteiger partial charge on any atom is -0.396 e. The summed E-state index contributed by atoms with van der Waals surface area (Å²) in [5, 5.41) is 17.0. The fourth-order valence-corrected chi connectivity index (χ4v) is 3.04. The highest BCUT2D eigenvalue weighted by Crippen LogP contribution is 2.25. The second-order valence-corrected chi connectivity index (χ2v) is 5.76. The van der Waals surface area contributed by atoms with Crippen molar-refractivity contribution in [1.29, 1.82) is 0 Å². The van der Waals surface area contributed by atoms with Gasteiger partial charge in [-0.15, -0.1) is 11.3 Å². The van der Waals surface area contributed by atoms with Crippen LogP contribution in [0.25, 0.3) is 16.4 Å². The Morgan fingerprint density at radius 1 is 1.43 bits per heavy atom. The number of rotatable bonds is 4. The Morgan fingerprint density at radius 2 is 2.29 bits per heavy atom. The molecule has 0 spiro atoms. The average molecular weight is 321 g/mol. The smallest absolute Gasteiger partial charge is 0.143 e. The first-order valence-corrected chi connectivity index (χ1v) is 7.67. The number of thiazole rings is 1. The summed E-state index contributed by atoms with van der Waals surface area (Å²) in [6.45, 7) is 1.89. The number of nitrogens with zero attached hydrogens (tertiary/aromatic N) is 4. The van der Waals surface area contributed by atoms with Crippen LogP contribution in [0, 0.1) is 6.92 Å². The van der Waals surface area contributed by atoms with Crippen molar-refractivity contribution in [2.45, 2.75) is 13.3 Å². The number of aryl methyl sites for hydroxylation is 1. The highest BCUT2D eigenvalue weighted by molar-refractivity contribution is 7.13. The van der Waals surface area contributed by atoms with E-state index in [4.69, 9.17) is 11.6 Å². The lowest BCUT2D eigenvalue weighted by Crippen LogP contribution is -2.06. The van der Waals surface area contributed by atoms with Crippen molar-refractivity contribution in [3.63, 3.8) is 0 Å². The molecule has 0 aliphatic rings. The fraction of sp³-hybridized carbons (Fsp3) is 0.214. The Kier molecular flexibility index (Phi) is 4.01. The van der Waals surface area contributed by atoms with E-state index in [0.29, 0.717) is 11.6 Å². The molecule has 0 aliphatic heterocycles. The van der Waals surface area contributed by atoms with Gasteiger partial charge in [0, 0.05) is 42.1 Å². The van der Waals surface area contributed by atoms with E-state index in [1.807, 2.05) is 30.6 Å². The maximum atomic E-state index is 9.22. The largest absolute Gasteiger partial charge is 0.396 e. The van der Waals surface area contributed by atoms with Crippen molar-refractivity contribution in [2.24, 2.45) is 0 Å². The molecule has 0 unspecified atom stereocenters. The highest BCUT2D eigenvalue weighted by Gasteiger charge is 2.13. The molecule has 0 atom stereocenters. The monoisotopic (exact) mass is 320 g/mol. The topological polar surface area (TPSA) is 63.8 Å². The number of aliphatic hydroxyl groups is 1. The zero-order valence-corrected chi connectivity index (χ0v) is 12.9. The minimum absolute atomic E-state index is 0.0120. The van der Waals surface area contributed by atoms with Gasteiger partial charge in [0.2, 0.25) is 0 Å². The third-order valence-corrected chi connectivity index (χ3v) is 4.14. The number of aromatic nitrogens is 4. The van der Waals surface area contributed by atoms with E-state index in [1.165, 1.54) is 11.3 Å². The predicted octanol–water partition coefficient (Wildman–Crippen LogP) is 2.89. The summed E-state index contributed by atoms with van der Waals surface area (Å²) in [7, 11) is 0. The third kappa shape index (κ3) is 2.83. The predicted molar refractivity (Wildman–Crippen MR) is 83.0 cm³/mol. The van der Waals surface area contributed by atoms with Crippen LogP contribution in [0.1, 0.15) is 11.3 Å². The summed E-state index contributed by atoms with van der Waals surface area (Å²) in [5.74, 6) is 0. The van der Waals surface area contributed by atoms with Crippen LogP contribution in [0.5, 0.6) is 0 Å². The van der Waals surface area contributed by atoms with Gasteiger partial charge in [-0.25, -0.2) is 14.6 Å². The molecule has 3 rings (SSSR count). The molecule has 0 amide bonds. The zero-order valence-electron chi connectivity index (χ0n) is 11.3. The second-order valence-electron chi connectivity index (χ2n) is 4.51. The zero-order chi connectivity index (χ0) is 14.8. The van der Waals surface area contributed by atoms with E-state index in [1.54, 1.807) is 10.9 Å². The quantitative estimate of drug-likeness (QED) is 0.751. The number of halogens is 1. The molecule has 0 aliphatic carbocycles. The molecule has 108 valence electrons. The van der Waals surface area contributed by atoms with Gasteiger partial charge >= 0.3 is 0 Å². The van der Waals surface area contributed by atoms with Gasteiger partial charge in [0.25, 0.3) is 0 Å². The lowest BCUT2D eigenvalue weighted by Gasteiger charge is -2.11. The van der Waals surface area contributed by atoms with Crippen molar-refractivity contribution in [3.05, 3.63) is 46.3 Å². The molecule has 1 N–H and O–H groups in total. The van der Waals surface area contributed by atoms with Crippen LogP contribution in [0.3, 0.4) is 0 Å². The Bertz CT molecular complexity index is 754. The Hall–Kier alpha value is -1.76. The number of aliphatic hydroxyl groups excluding tert-OH is 1. The number of pyridine rings is 1. The van der Waals surface area contributed by atoms with Gasteiger partial charge < -0.3 is 5.11 Å². The minimum atomic E-state index is 0.0120. The molecule has 5 nitrogen and oxygen atoms in total. The van der Waals surface area contributed by atoms with Crippen LogP contribution in [0.4, 0.5) is 0 Å². The Morgan fingerprint density at radius 3 is 3.00 bits per heavy atom. The molecule has 21 heavy (non-hydrogen) atoms. The van der Waals surface area contributed by atoms with Crippen LogP contribution >= 0.6 is 22.9 Å².